The molecule has 0 heterocycles. The number of hydrogen-bond acceptors (Lipinski definition) is 4. The van der Waals surface area contributed by atoms with Crippen molar-refractivity contribution in [1.82, 2.24) is 0 Å². The Hall–Kier alpha value is -2.62. The third-order valence-corrected chi connectivity index (χ3v) is 4.11. The highest BCUT2D eigenvalue weighted by Crippen LogP contribution is 2.29. The molecular formula is C19H18O4. The zero-order valence-corrected chi connectivity index (χ0v) is 13.0. The average Bonchev–Trinajstić information content (AvgIpc) is 2.60. The van der Waals surface area contributed by atoms with Gasteiger partial charge < -0.3 is 9.47 Å². The molecule has 0 spiro atoms. The van der Waals surface area contributed by atoms with E-state index in [0.717, 1.165) is 16.9 Å². The maximum absolute atomic E-state index is 12.5. The van der Waals surface area contributed by atoms with Crippen LogP contribution in [-0.2, 0) is 22.6 Å². The van der Waals surface area contributed by atoms with E-state index in [9.17, 15) is 9.59 Å². The zero-order chi connectivity index (χ0) is 16.2. The van der Waals surface area contributed by atoms with E-state index in [0.29, 0.717) is 18.4 Å². The number of rotatable bonds is 4. The molecule has 1 unspecified atom stereocenters. The van der Waals surface area contributed by atoms with E-state index in [-0.39, 0.29) is 12.4 Å². The molecule has 4 nitrogen and oxygen atoms in total. The van der Waals surface area contributed by atoms with Gasteiger partial charge in [0.25, 0.3) is 0 Å². The number of carbonyl (C=O) groups excluding carboxylic acids is 2. The fraction of sp³-hybridized carbons (Fsp3) is 0.263. The smallest absolute Gasteiger partial charge is 0.317 e. The number of ether oxygens (including phenoxy) is 2. The molecule has 0 saturated carbocycles. The Labute approximate surface area is 135 Å². The minimum atomic E-state index is -0.709. The van der Waals surface area contributed by atoms with Gasteiger partial charge in [-0.15, -0.1) is 0 Å². The van der Waals surface area contributed by atoms with Crippen molar-refractivity contribution in [2.24, 2.45) is 5.92 Å². The summed E-state index contributed by atoms with van der Waals surface area (Å²) in [5.74, 6) is -0.589. The van der Waals surface area contributed by atoms with Crippen molar-refractivity contribution in [2.45, 2.75) is 19.4 Å². The molecule has 0 aromatic heterocycles. The fourth-order valence-electron chi connectivity index (χ4n) is 2.82. The van der Waals surface area contributed by atoms with Crippen molar-refractivity contribution in [3.05, 3.63) is 65.2 Å². The van der Waals surface area contributed by atoms with Crippen molar-refractivity contribution in [1.29, 1.82) is 0 Å². The summed E-state index contributed by atoms with van der Waals surface area (Å²) in [4.78, 5) is 24.8. The van der Waals surface area contributed by atoms with Gasteiger partial charge in [-0.25, -0.2) is 0 Å². The van der Waals surface area contributed by atoms with Gasteiger partial charge in [-0.2, -0.15) is 0 Å². The first kappa shape index (κ1) is 15.3. The molecule has 0 saturated heterocycles. The molecule has 0 fully saturated rings. The molecule has 1 atom stereocenters. The Bertz CT molecular complexity index is 721. The van der Waals surface area contributed by atoms with Crippen LogP contribution in [0.5, 0.6) is 5.75 Å². The van der Waals surface area contributed by atoms with Gasteiger partial charge in [-0.05, 0) is 42.2 Å². The number of esters is 1. The van der Waals surface area contributed by atoms with Crippen LogP contribution in [0.25, 0.3) is 0 Å². The van der Waals surface area contributed by atoms with Gasteiger partial charge in [0, 0.05) is 5.56 Å². The summed E-state index contributed by atoms with van der Waals surface area (Å²) in [6.45, 7) is 0.193. The lowest BCUT2D eigenvalue weighted by atomic mass is 9.82. The monoisotopic (exact) mass is 310 g/mol. The quantitative estimate of drug-likeness (QED) is 0.643. The van der Waals surface area contributed by atoms with E-state index < -0.39 is 11.9 Å². The van der Waals surface area contributed by atoms with Crippen molar-refractivity contribution in [3.63, 3.8) is 0 Å². The summed E-state index contributed by atoms with van der Waals surface area (Å²) in [5, 5.41) is 0. The maximum Gasteiger partial charge on any atom is 0.317 e. The Balaban J connectivity index is 1.69. The first-order chi connectivity index (χ1) is 11.2. The molecule has 0 N–H and O–H groups in total. The molecule has 2 aromatic carbocycles. The van der Waals surface area contributed by atoms with Crippen LogP contribution in [0.15, 0.2) is 48.5 Å². The van der Waals surface area contributed by atoms with Gasteiger partial charge >= 0.3 is 5.97 Å². The minimum absolute atomic E-state index is 0.160. The van der Waals surface area contributed by atoms with Gasteiger partial charge in [0.2, 0.25) is 0 Å². The van der Waals surface area contributed by atoms with Crippen LogP contribution in [0.3, 0.4) is 0 Å². The van der Waals surface area contributed by atoms with Crippen molar-refractivity contribution in [2.75, 3.05) is 7.11 Å². The molecule has 1 aliphatic rings. The van der Waals surface area contributed by atoms with Crippen LogP contribution < -0.4 is 4.74 Å². The standard InChI is InChI=1S/C19H18O4/c1-22-15-8-10-16-14(11-15)7-9-17(18(16)20)19(21)23-12-13-5-3-2-4-6-13/h2-6,8,10-11,17H,7,9,12H2,1H3. The zero-order valence-electron chi connectivity index (χ0n) is 13.0. The summed E-state index contributed by atoms with van der Waals surface area (Å²) < 4.78 is 10.5. The molecule has 23 heavy (non-hydrogen) atoms. The SMILES string of the molecule is COc1ccc2c(c1)CCC(C(=O)OCc1ccccc1)C2=O. The number of Topliss-reactive ketones (excluding diaryl/α,β-unsaturated/α-hetero) is 1. The second-order valence-corrected chi connectivity index (χ2v) is 5.57. The third kappa shape index (κ3) is 3.26. The van der Waals surface area contributed by atoms with Crippen molar-refractivity contribution >= 4 is 11.8 Å². The van der Waals surface area contributed by atoms with E-state index in [1.807, 2.05) is 36.4 Å². The fourth-order valence-corrected chi connectivity index (χ4v) is 2.82. The Morgan fingerprint density at radius 1 is 1.17 bits per heavy atom. The second-order valence-electron chi connectivity index (χ2n) is 5.57. The largest absolute Gasteiger partial charge is 0.497 e. The van der Waals surface area contributed by atoms with Gasteiger partial charge in [0.15, 0.2) is 5.78 Å². The van der Waals surface area contributed by atoms with Crippen LogP contribution in [0.1, 0.15) is 27.9 Å². The summed E-state index contributed by atoms with van der Waals surface area (Å²) in [6.07, 6.45) is 1.15. The molecule has 2 aromatic rings. The number of ketones is 1. The number of hydrogen-bond donors (Lipinski definition) is 0. The molecule has 4 heteroatoms. The van der Waals surface area contributed by atoms with E-state index in [4.69, 9.17) is 9.47 Å². The van der Waals surface area contributed by atoms with E-state index in [2.05, 4.69) is 0 Å². The van der Waals surface area contributed by atoms with E-state index in [1.165, 1.54) is 0 Å². The first-order valence-electron chi connectivity index (χ1n) is 7.60. The molecular weight excluding hydrogens is 292 g/mol. The highest BCUT2D eigenvalue weighted by Gasteiger charge is 2.34. The van der Waals surface area contributed by atoms with Crippen LogP contribution >= 0.6 is 0 Å². The molecule has 3 rings (SSSR count). The summed E-state index contributed by atoms with van der Waals surface area (Å²) in [7, 11) is 1.59. The molecule has 0 radical (unpaired) electrons. The summed E-state index contributed by atoms with van der Waals surface area (Å²) in [5.41, 5.74) is 2.44. The number of carbonyl (C=O) groups is 2. The number of aryl methyl sites for hydroxylation is 1. The van der Waals surface area contributed by atoms with E-state index >= 15 is 0 Å². The first-order valence-corrected chi connectivity index (χ1v) is 7.60. The highest BCUT2D eigenvalue weighted by molar-refractivity contribution is 6.10. The Morgan fingerprint density at radius 2 is 1.96 bits per heavy atom. The van der Waals surface area contributed by atoms with Crippen molar-refractivity contribution in [3.8, 4) is 5.75 Å². The molecule has 0 bridgehead atoms. The molecule has 1 aliphatic carbocycles. The minimum Gasteiger partial charge on any atom is -0.497 e. The number of methoxy groups -OCH3 is 1. The average molecular weight is 310 g/mol. The lowest BCUT2D eigenvalue weighted by Crippen LogP contribution is -2.30. The summed E-state index contributed by atoms with van der Waals surface area (Å²) >= 11 is 0. The number of fused-ring (bicyclic) bond motifs is 1. The van der Waals surface area contributed by atoms with Gasteiger partial charge in [-0.1, -0.05) is 30.3 Å². The normalized spacial score (nSPS) is 16.6. The maximum atomic E-state index is 12.5. The van der Waals surface area contributed by atoms with Gasteiger partial charge in [-0.3, -0.25) is 9.59 Å². The predicted octanol–water partition coefficient (Wildman–Crippen LogP) is 3.18. The predicted molar refractivity (Wildman–Crippen MR) is 85.4 cm³/mol. The van der Waals surface area contributed by atoms with Crippen molar-refractivity contribution < 1.29 is 19.1 Å². The second kappa shape index (κ2) is 6.65. The van der Waals surface area contributed by atoms with Crippen LogP contribution in [0.4, 0.5) is 0 Å². The molecule has 0 aliphatic heterocycles. The third-order valence-electron chi connectivity index (χ3n) is 4.11. The Morgan fingerprint density at radius 3 is 2.70 bits per heavy atom. The Kier molecular flexibility index (Phi) is 4.42. The van der Waals surface area contributed by atoms with Gasteiger partial charge in [0.1, 0.15) is 18.3 Å². The lowest BCUT2D eigenvalue weighted by molar-refractivity contribution is -0.148. The van der Waals surface area contributed by atoms with Crippen LogP contribution in [-0.4, -0.2) is 18.9 Å². The lowest BCUT2D eigenvalue weighted by Gasteiger charge is -2.22. The molecule has 0 amide bonds. The van der Waals surface area contributed by atoms with Crippen LogP contribution in [0.2, 0.25) is 0 Å². The number of benzene rings is 2. The van der Waals surface area contributed by atoms with E-state index in [1.54, 1.807) is 19.2 Å². The topological polar surface area (TPSA) is 52.6 Å². The molecule has 118 valence electrons. The summed E-state index contributed by atoms with van der Waals surface area (Å²) in [6, 6.07) is 14.8. The van der Waals surface area contributed by atoms with Crippen LogP contribution in [0, 0.1) is 5.92 Å². The van der Waals surface area contributed by atoms with Gasteiger partial charge in [0.05, 0.1) is 7.11 Å². The highest BCUT2D eigenvalue weighted by atomic mass is 16.5.